The third kappa shape index (κ3) is 3.30. The van der Waals surface area contributed by atoms with E-state index in [1.54, 1.807) is 6.92 Å². The van der Waals surface area contributed by atoms with E-state index in [4.69, 9.17) is 4.74 Å². The minimum absolute atomic E-state index is 0.110. The number of allylic oxidation sites excluding steroid dienone is 2. The van der Waals surface area contributed by atoms with Gasteiger partial charge in [-0.1, -0.05) is 12.1 Å². The Morgan fingerprint density at radius 1 is 1.23 bits per heavy atom. The van der Waals surface area contributed by atoms with E-state index in [1.165, 1.54) is 0 Å². The van der Waals surface area contributed by atoms with Gasteiger partial charge in [0.05, 0.1) is 6.61 Å². The number of anilines is 1. The summed E-state index contributed by atoms with van der Waals surface area (Å²) < 4.78 is 5.32. The number of carbonyl (C=O) groups excluding carboxylic acids is 2. The Kier molecular flexibility index (Phi) is 5.25. The number of ether oxygens (including phenoxy) is 1. The van der Waals surface area contributed by atoms with E-state index in [0.29, 0.717) is 18.6 Å². The average Bonchev–Trinajstić information content (AvgIpc) is 2.61. The molecule has 1 aliphatic heterocycles. The van der Waals surface area contributed by atoms with Crippen LogP contribution in [0.1, 0.15) is 44.6 Å². The molecule has 1 aromatic rings. The lowest BCUT2D eigenvalue weighted by Gasteiger charge is -2.34. The van der Waals surface area contributed by atoms with Gasteiger partial charge in [0.2, 0.25) is 0 Å². The van der Waals surface area contributed by atoms with Gasteiger partial charge in [-0.15, -0.1) is 0 Å². The molecule has 0 saturated carbocycles. The Morgan fingerprint density at radius 2 is 1.92 bits per heavy atom. The molecule has 26 heavy (non-hydrogen) atoms. The number of hydrogen-bond donors (Lipinski definition) is 0. The first-order chi connectivity index (χ1) is 12.4. The van der Waals surface area contributed by atoms with E-state index in [2.05, 4.69) is 4.99 Å². The molecule has 5 nitrogen and oxygen atoms in total. The van der Waals surface area contributed by atoms with Gasteiger partial charge < -0.3 is 9.64 Å². The van der Waals surface area contributed by atoms with Gasteiger partial charge >= 0.3 is 5.97 Å². The molecule has 1 unspecified atom stereocenters. The van der Waals surface area contributed by atoms with Crippen LogP contribution in [0, 0.1) is 5.92 Å². The van der Waals surface area contributed by atoms with Gasteiger partial charge in [0.15, 0.2) is 5.78 Å². The highest BCUT2D eigenvalue weighted by Gasteiger charge is 2.42. The Bertz CT molecular complexity index is 775. The summed E-state index contributed by atoms with van der Waals surface area (Å²) in [4.78, 5) is 32.1. The van der Waals surface area contributed by atoms with E-state index < -0.39 is 5.92 Å². The predicted octanol–water partition coefficient (Wildman–Crippen LogP) is 3.50. The predicted molar refractivity (Wildman–Crippen MR) is 103 cm³/mol. The van der Waals surface area contributed by atoms with E-state index in [-0.39, 0.29) is 17.7 Å². The molecule has 1 heterocycles. The lowest BCUT2D eigenvalue weighted by Crippen LogP contribution is -2.37. The molecular formula is C21H26N2O3. The van der Waals surface area contributed by atoms with E-state index >= 15 is 0 Å². The minimum Gasteiger partial charge on any atom is -0.465 e. The Labute approximate surface area is 154 Å². The fraction of sp³-hybridized carbons (Fsp3) is 0.476. The van der Waals surface area contributed by atoms with E-state index in [9.17, 15) is 9.59 Å². The molecule has 0 fully saturated rings. The van der Waals surface area contributed by atoms with Gasteiger partial charge in [-0.2, -0.15) is 0 Å². The molecule has 0 aromatic heterocycles. The lowest BCUT2D eigenvalue weighted by atomic mass is 9.72. The molecule has 1 aromatic carbocycles. The first kappa shape index (κ1) is 18.4. The standard InChI is InChI=1S/C21H26N2O3/c1-5-26-21(25)18-13(2)22-16-7-6-8-17(24)20(16)19(18)14-9-11-15(12-10-14)23(3)4/h9-12,18-19H,5-8H2,1-4H3/t18?,19-/m1/s1. The molecule has 138 valence electrons. The van der Waals surface area contributed by atoms with Gasteiger partial charge in [0, 0.05) is 49.1 Å². The maximum absolute atomic E-state index is 12.7. The van der Waals surface area contributed by atoms with Crippen LogP contribution in [0.5, 0.6) is 0 Å². The molecule has 1 aliphatic carbocycles. The summed E-state index contributed by atoms with van der Waals surface area (Å²) in [6.45, 7) is 3.98. The highest BCUT2D eigenvalue weighted by molar-refractivity contribution is 6.08. The van der Waals surface area contributed by atoms with Crippen molar-refractivity contribution < 1.29 is 14.3 Å². The Morgan fingerprint density at radius 3 is 2.54 bits per heavy atom. The van der Waals surface area contributed by atoms with Crippen LogP contribution in [-0.4, -0.2) is 38.2 Å². The summed E-state index contributed by atoms with van der Waals surface area (Å²) in [6, 6.07) is 8.06. The number of rotatable bonds is 4. The monoisotopic (exact) mass is 354 g/mol. The summed E-state index contributed by atoms with van der Waals surface area (Å²) in [5.74, 6) is -1.05. The van der Waals surface area contributed by atoms with Crippen molar-refractivity contribution in [3.8, 4) is 0 Å². The zero-order chi connectivity index (χ0) is 18.8. The van der Waals surface area contributed by atoms with Gasteiger partial charge in [-0.25, -0.2) is 0 Å². The molecule has 2 atom stereocenters. The Hall–Kier alpha value is -2.43. The zero-order valence-corrected chi connectivity index (χ0v) is 15.9. The molecule has 0 bridgehead atoms. The van der Waals surface area contributed by atoms with Crippen molar-refractivity contribution in [2.45, 2.75) is 39.0 Å². The maximum atomic E-state index is 12.7. The molecular weight excluding hydrogens is 328 g/mol. The van der Waals surface area contributed by atoms with Gasteiger partial charge in [0.25, 0.3) is 0 Å². The maximum Gasteiger partial charge on any atom is 0.315 e. The quantitative estimate of drug-likeness (QED) is 0.777. The smallest absolute Gasteiger partial charge is 0.315 e. The molecule has 5 heteroatoms. The second-order valence-electron chi connectivity index (χ2n) is 7.08. The van der Waals surface area contributed by atoms with Crippen LogP contribution in [0.3, 0.4) is 0 Å². The second kappa shape index (κ2) is 7.44. The average molecular weight is 354 g/mol. The number of ketones is 1. The molecule has 0 radical (unpaired) electrons. The fourth-order valence-corrected chi connectivity index (χ4v) is 3.88. The fourth-order valence-electron chi connectivity index (χ4n) is 3.88. The van der Waals surface area contributed by atoms with Crippen molar-refractivity contribution >= 4 is 23.2 Å². The van der Waals surface area contributed by atoms with Crippen molar-refractivity contribution in [3.05, 3.63) is 41.1 Å². The summed E-state index contributed by atoms with van der Waals surface area (Å²) >= 11 is 0. The van der Waals surface area contributed by atoms with Gasteiger partial charge in [-0.3, -0.25) is 14.6 Å². The van der Waals surface area contributed by atoms with Gasteiger partial charge in [0.1, 0.15) is 5.92 Å². The molecule has 3 rings (SSSR count). The van der Waals surface area contributed by atoms with Crippen LogP contribution in [0.4, 0.5) is 5.69 Å². The van der Waals surface area contributed by atoms with Crippen molar-refractivity contribution in [2.75, 3.05) is 25.6 Å². The first-order valence-corrected chi connectivity index (χ1v) is 9.19. The van der Waals surface area contributed by atoms with Crippen LogP contribution < -0.4 is 4.90 Å². The summed E-state index contributed by atoms with van der Waals surface area (Å²) in [6.07, 6.45) is 2.14. The number of carbonyl (C=O) groups is 2. The summed E-state index contributed by atoms with van der Waals surface area (Å²) in [5.41, 5.74) is 4.33. The number of benzene rings is 1. The Balaban J connectivity index is 2.10. The van der Waals surface area contributed by atoms with Gasteiger partial charge in [-0.05, 0) is 44.4 Å². The largest absolute Gasteiger partial charge is 0.465 e. The van der Waals surface area contributed by atoms with Crippen molar-refractivity contribution in [3.63, 3.8) is 0 Å². The minimum atomic E-state index is -0.541. The SMILES string of the molecule is CCOC(=O)C1C(C)=NC2=C(C(=O)CCC2)[C@@H]1c1ccc(N(C)C)cc1. The summed E-state index contributed by atoms with van der Waals surface area (Å²) in [7, 11) is 3.97. The van der Waals surface area contributed by atoms with Crippen molar-refractivity contribution in [1.82, 2.24) is 0 Å². The molecule has 2 aliphatic rings. The highest BCUT2D eigenvalue weighted by Crippen LogP contribution is 2.43. The van der Waals surface area contributed by atoms with E-state index in [0.717, 1.165) is 35.5 Å². The molecule has 0 saturated heterocycles. The number of aliphatic imine (C=N–C) groups is 1. The molecule has 0 amide bonds. The second-order valence-corrected chi connectivity index (χ2v) is 7.08. The van der Waals surface area contributed by atoms with Crippen molar-refractivity contribution in [2.24, 2.45) is 10.9 Å². The summed E-state index contributed by atoms with van der Waals surface area (Å²) in [5, 5.41) is 0. The number of hydrogen-bond acceptors (Lipinski definition) is 5. The normalized spacial score (nSPS) is 22.6. The third-order valence-electron chi connectivity index (χ3n) is 5.14. The van der Waals surface area contributed by atoms with Crippen molar-refractivity contribution in [1.29, 1.82) is 0 Å². The number of esters is 1. The van der Waals surface area contributed by atoms with Crippen LogP contribution in [-0.2, 0) is 14.3 Å². The van der Waals surface area contributed by atoms with Crippen LogP contribution in [0.2, 0.25) is 0 Å². The van der Waals surface area contributed by atoms with Crippen LogP contribution in [0.15, 0.2) is 40.5 Å². The molecule has 0 spiro atoms. The third-order valence-corrected chi connectivity index (χ3v) is 5.14. The lowest BCUT2D eigenvalue weighted by molar-refractivity contribution is -0.146. The molecule has 0 N–H and O–H groups in total. The van der Waals surface area contributed by atoms with E-state index in [1.807, 2.05) is 50.2 Å². The number of Topliss-reactive ketones (excluding diaryl/α,β-unsaturated/α-hetero) is 1. The first-order valence-electron chi connectivity index (χ1n) is 9.19. The van der Waals surface area contributed by atoms with Crippen LogP contribution >= 0.6 is 0 Å². The van der Waals surface area contributed by atoms with Crippen LogP contribution in [0.25, 0.3) is 0 Å². The zero-order valence-electron chi connectivity index (χ0n) is 15.9. The highest BCUT2D eigenvalue weighted by atomic mass is 16.5. The number of nitrogens with zero attached hydrogens (tertiary/aromatic N) is 2. The topological polar surface area (TPSA) is 59.0 Å².